The average molecular weight is 225 g/mol. The van der Waals surface area contributed by atoms with Crippen molar-refractivity contribution in [3.63, 3.8) is 0 Å². The van der Waals surface area contributed by atoms with Crippen LogP contribution in [0.25, 0.3) is 0 Å². The summed E-state index contributed by atoms with van der Waals surface area (Å²) in [7, 11) is 0. The highest BCUT2D eigenvalue weighted by Gasteiger charge is 2.10. The minimum atomic E-state index is 0.703. The van der Waals surface area contributed by atoms with Crippen LogP contribution in [0, 0.1) is 0 Å². The molecule has 0 saturated heterocycles. The van der Waals surface area contributed by atoms with Crippen LogP contribution in [0.4, 0.5) is 0 Å². The molecule has 0 aromatic rings. The van der Waals surface area contributed by atoms with Gasteiger partial charge in [-0.1, -0.05) is 88.6 Å². The van der Waals surface area contributed by atoms with Gasteiger partial charge in [0.1, 0.15) is 0 Å². The molecule has 0 spiro atoms. The molecule has 89 valence electrons. The Bertz CT molecular complexity index is 109. The Labute approximate surface area is 104 Å². The fraction of sp³-hybridized carbons (Fsp3) is 1.00. The largest absolute Gasteiger partial charge is 0.209 e. The van der Waals surface area contributed by atoms with Gasteiger partial charge in [0.2, 0.25) is 15.2 Å². The highest BCUT2D eigenvalue weighted by atomic mass is 27.1. The predicted molar refractivity (Wildman–Crippen MR) is 72.9 cm³/mol. The van der Waals surface area contributed by atoms with Gasteiger partial charge in [0, 0.05) is 0 Å². The number of unbranched alkanes of at least 4 members (excludes halogenated alkanes) is 4. The summed E-state index contributed by atoms with van der Waals surface area (Å²) in [6, 6.07) is 0. The van der Waals surface area contributed by atoms with E-state index in [-0.39, 0.29) is 0 Å². The second-order valence-corrected chi connectivity index (χ2v) is 7.80. The van der Waals surface area contributed by atoms with Crippen molar-refractivity contribution in [2.24, 2.45) is 0 Å². The Morgan fingerprint density at radius 3 is 1.47 bits per heavy atom. The van der Waals surface area contributed by atoms with Crippen molar-refractivity contribution < 1.29 is 0 Å². The molecular weight excluding hydrogens is 195 g/mol. The Balaban J connectivity index is 3.35. The van der Waals surface area contributed by atoms with Gasteiger partial charge in [0.05, 0.1) is 0 Å². The van der Waals surface area contributed by atoms with Crippen LogP contribution in [0.2, 0.25) is 9.56 Å². The van der Waals surface area contributed by atoms with Crippen molar-refractivity contribution in [3.05, 3.63) is 0 Å². The van der Waals surface area contributed by atoms with E-state index in [0.29, 0.717) is 15.2 Å². The standard InChI is InChI=1S/2C7H15.Al/c2*1-3-5-7-6-4-2;/h2*3H,4-7H2,1-2H3;. The van der Waals surface area contributed by atoms with Gasteiger partial charge in [-0.3, -0.25) is 0 Å². The summed E-state index contributed by atoms with van der Waals surface area (Å²) in [5.74, 6) is 0. The second kappa shape index (κ2) is 11.0. The lowest BCUT2D eigenvalue weighted by Gasteiger charge is -2.15. The highest BCUT2D eigenvalue weighted by Crippen LogP contribution is 2.22. The Hall–Kier alpha value is 0.532. The minimum absolute atomic E-state index is 0.703. The molecule has 0 saturated carbocycles. The third-order valence-electron chi connectivity index (χ3n) is 3.18. The lowest BCUT2D eigenvalue weighted by molar-refractivity contribution is 0.626. The molecule has 0 aromatic carbocycles. The van der Waals surface area contributed by atoms with E-state index >= 15 is 0 Å². The Morgan fingerprint density at radius 2 is 1.13 bits per heavy atom. The van der Waals surface area contributed by atoms with Gasteiger partial charge in [-0.05, 0) is 0 Å². The van der Waals surface area contributed by atoms with Crippen molar-refractivity contribution in [1.29, 1.82) is 0 Å². The van der Waals surface area contributed by atoms with E-state index in [4.69, 9.17) is 0 Å². The average Bonchev–Trinajstić information content (AvgIpc) is 2.18. The topological polar surface area (TPSA) is 0 Å². The number of rotatable bonds is 10. The van der Waals surface area contributed by atoms with Gasteiger partial charge in [0.15, 0.2) is 0 Å². The summed E-state index contributed by atoms with van der Waals surface area (Å²) in [6.45, 7) is 9.54. The molecule has 0 fully saturated rings. The molecule has 1 radical (unpaired) electrons. The van der Waals surface area contributed by atoms with Gasteiger partial charge in [-0.2, -0.15) is 0 Å². The first-order valence-electron chi connectivity index (χ1n) is 7.05. The molecule has 0 aromatic heterocycles. The van der Waals surface area contributed by atoms with Gasteiger partial charge in [0.25, 0.3) is 0 Å². The summed E-state index contributed by atoms with van der Waals surface area (Å²) in [5.41, 5.74) is 0. The summed E-state index contributed by atoms with van der Waals surface area (Å²) < 4.78 is 2.07. The van der Waals surface area contributed by atoms with Crippen molar-refractivity contribution in [3.8, 4) is 0 Å². The molecule has 0 nitrogen and oxygen atoms in total. The van der Waals surface area contributed by atoms with Crippen LogP contribution in [-0.2, 0) is 0 Å². The molecule has 2 unspecified atom stereocenters. The van der Waals surface area contributed by atoms with Crippen molar-refractivity contribution in [2.45, 2.75) is 88.6 Å². The zero-order valence-corrected chi connectivity index (χ0v) is 12.5. The van der Waals surface area contributed by atoms with Gasteiger partial charge in [-0.25, -0.2) is 0 Å². The first-order chi connectivity index (χ1) is 7.20. The van der Waals surface area contributed by atoms with E-state index in [9.17, 15) is 0 Å². The summed E-state index contributed by atoms with van der Waals surface area (Å²) in [6.07, 6.45) is 11.5. The van der Waals surface area contributed by atoms with Crippen LogP contribution in [0.1, 0.15) is 79.1 Å². The molecular formula is C14H30Al. The molecule has 0 rings (SSSR count). The monoisotopic (exact) mass is 225 g/mol. The van der Waals surface area contributed by atoms with Crippen LogP contribution >= 0.6 is 0 Å². The smallest absolute Gasteiger partial charge is 0.0956 e. The van der Waals surface area contributed by atoms with Crippen LogP contribution in [0.15, 0.2) is 0 Å². The van der Waals surface area contributed by atoms with Crippen LogP contribution in [0.3, 0.4) is 0 Å². The number of hydrogen-bond acceptors (Lipinski definition) is 0. The number of hydrogen-bond donors (Lipinski definition) is 0. The van der Waals surface area contributed by atoms with Crippen molar-refractivity contribution >= 4 is 15.2 Å². The molecule has 0 heterocycles. The SMILES string of the molecule is CCCCC[CH](C)[Al][CH](C)CCCCC. The molecule has 0 aliphatic carbocycles. The van der Waals surface area contributed by atoms with E-state index in [0.717, 1.165) is 9.56 Å². The predicted octanol–water partition coefficient (Wildman–Crippen LogP) is 5.47. The maximum Gasteiger partial charge on any atom is 0.209 e. The lowest BCUT2D eigenvalue weighted by atomic mass is 10.1. The molecule has 1 heteroatoms. The third kappa shape index (κ3) is 10.8. The normalized spacial score (nSPS) is 14.9. The van der Waals surface area contributed by atoms with Crippen molar-refractivity contribution in [2.75, 3.05) is 0 Å². The van der Waals surface area contributed by atoms with E-state index in [1.54, 1.807) is 0 Å². The van der Waals surface area contributed by atoms with E-state index in [2.05, 4.69) is 27.7 Å². The van der Waals surface area contributed by atoms with Crippen LogP contribution in [0.5, 0.6) is 0 Å². The molecule has 0 aliphatic heterocycles. The second-order valence-electron chi connectivity index (χ2n) is 5.14. The first kappa shape index (κ1) is 15.5. The molecule has 15 heavy (non-hydrogen) atoms. The fourth-order valence-electron chi connectivity index (χ4n) is 2.19. The van der Waals surface area contributed by atoms with E-state index in [1.807, 2.05) is 0 Å². The third-order valence-corrected chi connectivity index (χ3v) is 5.16. The van der Waals surface area contributed by atoms with Gasteiger partial charge < -0.3 is 0 Å². The molecule has 0 amide bonds. The molecule has 2 atom stereocenters. The maximum absolute atomic E-state index is 2.47. The van der Waals surface area contributed by atoms with Crippen LogP contribution in [-0.4, -0.2) is 15.2 Å². The summed E-state index contributed by atoms with van der Waals surface area (Å²) in [4.78, 5) is 0. The molecule has 0 aliphatic rings. The zero-order valence-electron chi connectivity index (χ0n) is 11.4. The Morgan fingerprint density at radius 1 is 0.733 bits per heavy atom. The fourth-order valence-corrected chi connectivity index (χ4v) is 4.16. The minimum Gasteiger partial charge on any atom is -0.0956 e. The maximum atomic E-state index is 2.47. The zero-order chi connectivity index (χ0) is 11.5. The van der Waals surface area contributed by atoms with Crippen molar-refractivity contribution in [1.82, 2.24) is 0 Å². The molecule has 0 bridgehead atoms. The van der Waals surface area contributed by atoms with Gasteiger partial charge in [-0.15, -0.1) is 0 Å². The van der Waals surface area contributed by atoms with Crippen LogP contribution < -0.4 is 0 Å². The molecule has 0 N–H and O–H groups in total. The van der Waals surface area contributed by atoms with Gasteiger partial charge >= 0.3 is 0 Å². The first-order valence-corrected chi connectivity index (χ1v) is 8.39. The highest BCUT2D eigenvalue weighted by molar-refractivity contribution is 6.39. The lowest BCUT2D eigenvalue weighted by Crippen LogP contribution is -2.06. The summed E-state index contributed by atoms with van der Waals surface area (Å²) in [5, 5.41) is 0. The Kier molecular flexibility index (Phi) is 11.4. The van der Waals surface area contributed by atoms with E-state index < -0.39 is 0 Å². The van der Waals surface area contributed by atoms with E-state index in [1.165, 1.54) is 51.4 Å². The quantitative estimate of drug-likeness (QED) is 0.342. The summed E-state index contributed by atoms with van der Waals surface area (Å²) >= 11 is 0.703.